The molecule has 1 aliphatic rings. The lowest BCUT2D eigenvalue weighted by atomic mass is 9.91. The Morgan fingerprint density at radius 2 is 1.69 bits per heavy atom. The van der Waals surface area contributed by atoms with E-state index in [2.05, 4.69) is 35.8 Å². The highest BCUT2D eigenvalue weighted by Gasteiger charge is 2.34. The van der Waals surface area contributed by atoms with Gasteiger partial charge in [0.05, 0.1) is 12.3 Å². The molecule has 42 heavy (non-hydrogen) atoms. The topological polar surface area (TPSA) is 59.1 Å². The molecule has 5 nitrogen and oxygen atoms in total. The quantitative estimate of drug-likeness (QED) is 0.231. The summed E-state index contributed by atoms with van der Waals surface area (Å²) in [5.41, 5.74) is 2.70. The van der Waals surface area contributed by atoms with Crippen molar-refractivity contribution in [2.24, 2.45) is 5.41 Å². The Bertz CT molecular complexity index is 1510. The molecule has 220 valence electrons. The Morgan fingerprint density at radius 1 is 0.857 bits per heavy atom. The minimum Gasteiger partial charge on any atom is -0.494 e. The van der Waals surface area contributed by atoms with E-state index in [1.807, 2.05) is 54.6 Å². The summed E-state index contributed by atoms with van der Waals surface area (Å²) in [6, 6.07) is 24.1. The maximum atomic E-state index is 15.8. The molecule has 4 bridgehead atoms. The molecular weight excluding hydrogens is 550 g/mol. The highest BCUT2D eigenvalue weighted by atomic mass is 32.2. The van der Waals surface area contributed by atoms with E-state index in [0.29, 0.717) is 43.1 Å². The molecule has 0 saturated heterocycles. The highest BCUT2D eigenvalue weighted by molar-refractivity contribution is 8.00. The summed E-state index contributed by atoms with van der Waals surface area (Å²) in [6.45, 7) is 7.83. The number of halogens is 2. The van der Waals surface area contributed by atoms with Crippen LogP contribution in [0.2, 0.25) is 0 Å². The van der Waals surface area contributed by atoms with Crippen molar-refractivity contribution < 1.29 is 13.5 Å². The lowest BCUT2D eigenvalue weighted by molar-refractivity contribution is -0.0151. The van der Waals surface area contributed by atoms with Gasteiger partial charge in [-0.2, -0.15) is 0 Å². The largest absolute Gasteiger partial charge is 0.494 e. The number of nitrogens with zero attached hydrogens (tertiary/aromatic N) is 2. The minimum atomic E-state index is -3.00. The van der Waals surface area contributed by atoms with Crippen molar-refractivity contribution in [3.8, 4) is 28.1 Å². The Hall–Kier alpha value is -3.65. The Kier molecular flexibility index (Phi) is 9.31. The minimum absolute atomic E-state index is 0.00287. The third-order valence-electron chi connectivity index (χ3n) is 7.19. The summed E-state index contributed by atoms with van der Waals surface area (Å²) < 4.78 is 41.0. The van der Waals surface area contributed by atoms with Crippen LogP contribution in [0.5, 0.6) is 5.75 Å². The number of benzene rings is 2. The monoisotopic (exact) mass is 588 g/mol. The number of pyridine rings is 2. The third-order valence-corrected chi connectivity index (χ3v) is 7.94. The second-order valence-electron chi connectivity index (χ2n) is 11.8. The molecule has 0 unspecified atom stereocenters. The van der Waals surface area contributed by atoms with Crippen LogP contribution in [-0.4, -0.2) is 23.1 Å². The first-order chi connectivity index (χ1) is 20.2. The summed E-state index contributed by atoms with van der Waals surface area (Å²) in [5, 5.41) is 4.09. The van der Waals surface area contributed by atoms with Crippen LogP contribution in [0, 0.1) is 5.41 Å². The molecule has 1 aliphatic heterocycles. The van der Waals surface area contributed by atoms with Crippen molar-refractivity contribution in [2.45, 2.75) is 63.8 Å². The molecule has 0 saturated carbocycles. The van der Waals surface area contributed by atoms with Gasteiger partial charge in [0.1, 0.15) is 22.4 Å². The van der Waals surface area contributed by atoms with Gasteiger partial charge in [-0.05, 0) is 66.6 Å². The van der Waals surface area contributed by atoms with E-state index in [4.69, 9.17) is 9.72 Å². The lowest BCUT2D eigenvalue weighted by Crippen LogP contribution is -2.15. The number of fused-ring (bicyclic) bond motifs is 6. The molecule has 2 N–H and O–H groups in total. The molecule has 0 fully saturated rings. The van der Waals surface area contributed by atoms with Crippen LogP contribution in [0.1, 0.15) is 58.4 Å². The molecule has 0 amide bonds. The third kappa shape index (κ3) is 7.79. The molecule has 2 aromatic carbocycles. The average Bonchev–Trinajstić information content (AvgIpc) is 2.97. The predicted molar refractivity (Wildman–Crippen MR) is 169 cm³/mol. The number of hydrogen-bond donors (Lipinski definition) is 2. The van der Waals surface area contributed by atoms with Crippen molar-refractivity contribution in [3.63, 3.8) is 0 Å². The zero-order chi connectivity index (χ0) is 29.6. The van der Waals surface area contributed by atoms with Crippen LogP contribution in [0.15, 0.2) is 83.9 Å². The fourth-order valence-corrected chi connectivity index (χ4v) is 5.48. The molecule has 2 aromatic heterocycles. The van der Waals surface area contributed by atoms with Crippen molar-refractivity contribution >= 4 is 23.6 Å². The number of rotatable bonds is 4. The fraction of sp³-hybridized carbons (Fsp3) is 0.353. The lowest BCUT2D eigenvalue weighted by Gasteiger charge is -2.22. The van der Waals surface area contributed by atoms with Crippen LogP contribution in [0.25, 0.3) is 22.4 Å². The Morgan fingerprint density at radius 3 is 2.55 bits per heavy atom. The van der Waals surface area contributed by atoms with Gasteiger partial charge in [-0.3, -0.25) is 0 Å². The smallest absolute Gasteiger partial charge is 0.273 e. The second kappa shape index (κ2) is 13.1. The zero-order valence-corrected chi connectivity index (χ0v) is 25.2. The molecule has 4 aromatic rings. The van der Waals surface area contributed by atoms with Crippen LogP contribution in [0.4, 0.5) is 20.4 Å². The number of nitrogens with one attached hydrogen (secondary N) is 2. The van der Waals surface area contributed by atoms with Gasteiger partial charge in [0.15, 0.2) is 0 Å². The number of anilines is 2. The summed E-state index contributed by atoms with van der Waals surface area (Å²) in [7, 11) is 0. The molecule has 0 spiro atoms. The van der Waals surface area contributed by atoms with Crippen LogP contribution in [-0.2, 0) is 5.92 Å². The molecule has 5 rings (SSSR count). The van der Waals surface area contributed by atoms with E-state index in [9.17, 15) is 0 Å². The van der Waals surface area contributed by atoms with E-state index < -0.39 is 5.92 Å². The van der Waals surface area contributed by atoms with Crippen LogP contribution in [0.3, 0.4) is 0 Å². The van der Waals surface area contributed by atoms with E-state index in [-0.39, 0.29) is 17.4 Å². The van der Waals surface area contributed by atoms with Crippen molar-refractivity contribution in [1.29, 1.82) is 0 Å². The summed E-state index contributed by atoms with van der Waals surface area (Å²) in [4.78, 5) is 9.58. The average molecular weight is 589 g/mol. The summed E-state index contributed by atoms with van der Waals surface area (Å²) >= 11 is 1.34. The van der Waals surface area contributed by atoms with Crippen molar-refractivity contribution in [3.05, 3.63) is 84.4 Å². The first kappa shape index (κ1) is 29.8. The van der Waals surface area contributed by atoms with Gasteiger partial charge in [-0.15, -0.1) is 0 Å². The Labute approximate surface area is 251 Å². The van der Waals surface area contributed by atoms with Gasteiger partial charge < -0.3 is 14.8 Å². The van der Waals surface area contributed by atoms with Gasteiger partial charge in [0, 0.05) is 41.6 Å². The first-order valence-electron chi connectivity index (χ1n) is 14.5. The maximum Gasteiger partial charge on any atom is 0.273 e. The van der Waals surface area contributed by atoms with Crippen LogP contribution < -0.4 is 14.8 Å². The maximum absolute atomic E-state index is 15.8. The second-order valence-corrected chi connectivity index (χ2v) is 12.7. The summed E-state index contributed by atoms with van der Waals surface area (Å²) in [5.74, 6) is -0.943. The number of ether oxygens (including phenoxy) is 1. The normalized spacial score (nSPS) is 15.5. The molecule has 0 atom stereocenters. The molecule has 0 aliphatic carbocycles. The summed E-state index contributed by atoms with van der Waals surface area (Å²) in [6.07, 6.45) is 2.59. The standard InChI is InChI=1S/C34H38F2N4OS/c1-33(2,3)20-22-41-25-12-9-11-24(23-25)26-17-18-30-39-32(26)27-13-5-6-14-28(27)34(35,36)19-7-4-8-21-37-29-15-10-16-31(38-29)42-40-30/h5-6,9-18,23H,4,7-8,19-22H2,1-3H3,(H,37,38)(H,39,40). The van der Waals surface area contributed by atoms with Crippen molar-refractivity contribution in [2.75, 3.05) is 23.2 Å². The van der Waals surface area contributed by atoms with Gasteiger partial charge in [-0.1, -0.05) is 69.7 Å². The fourth-order valence-electron chi connectivity index (χ4n) is 4.87. The van der Waals surface area contributed by atoms with Crippen LogP contribution >= 0.6 is 11.9 Å². The first-order valence-corrected chi connectivity index (χ1v) is 15.4. The number of aromatic nitrogens is 2. The van der Waals surface area contributed by atoms with Gasteiger partial charge in [0.2, 0.25) is 0 Å². The van der Waals surface area contributed by atoms with E-state index in [1.165, 1.54) is 18.0 Å². The predicted octanol–water partition coefficient (Wildman–Crippen LogP) is 9.82. The van der Waals surface area contributed by atoms with E-state index >= 15 is 8.78 Å². The van der Waals surface area contributed by atoms with Gasteiger partial charge >= 0.3 is 0 Å². The molecule has 0 radical (unpaired) electrons. The van der Waals surface area contributed by atoms with Crippen molar-refractivity contribution in [1.82, 2.24) is 9.97 Å². The van der Waals surface area contributed by atoms with Gasteiger partial charge in [0.25, 0.3) is 5.92 Å². The molecule has 8 heteroatoms. The zero-order valence-electron chi connectivity index (χ0n) is 24.4. The van der Waals surface area contributed by atoms with E-state index in [0.717, 1.165) is 40.6 Å². The number of alkyl halides is 2. The molecular formula is C34H38F2N4OS. The SMILES string of the molecule is CC(C)(C)CCOc1cccc(-c2ccc3nc2-c2ccccc2C(F)(F)CCCCCNc2cccc(n2)SN3)c1. The molecule has 3 heterocycles. The van der Waals surface area contributed by atoms with Gasteiger partial charge in [-0.25, -0.2) is 18.7 Å². The number of hydrogen-bond acceptors (Lipinski definition) is 6. The Balaban J connectivity index is 1.56. The van der Waals surface area contributed by atoms with E-state index in [1.54, 1.807) is 18.2 Å². The highest BCUT2D eigenvalue weighted by Crippen LogP contribution is 2.43.